The van der Waals surface area contributed by atoms with E-state index in [0.717, 1.165) is 19.3 Å². The highest BCUT2D eigenvalue weighted by Gasteiger charge is 2.31. The van der Waals surface area contributed by atoms with E-state index in [0.29, 0.717) is 29.9 Å². The van der Waals surface area contributed by atoms with Gasteiger partial charge in [-0.15, -0.1) is 0 Å². The van der Waals surface area contributed by atoms with Gasteiger partial charge in [0.1, 0.15) is 0 Å². The number of nitrogens with zero attached hydrogens (tertiary/aromatic N) is 1. The van der Waals surface area contributed by atoms with Gasteiger partial charge in [-0.05, 0) is 75.1 Å². The summed E-state index contributed by atoms with van der Waals surface area (Å²) in [5.41, 5.74) is 1.80. The molecule has 1 fully saturated rings. The first-order valence-electron chi connectivity index (χ1n) is 11.1. The van der Waals surface area contributed by atoms with Crippen molar-refractivity contribution in [3.8, 4) is 0 Å². The summed E-state index contributed by atoms with van der Waals surface area (Å²) in [5.74, 6) is -0.407. The number of rotatable bonds is 8. The smallest absolute Gasteiger partial charge is 0.255 e. The van der Waals surface area contributed by atoms with Crippen molar-refractivity contribution in [3.63, 3.8) is 0 Å². The second kappa shape index (κ2) is 10.2. The van der Waals surface area contributed by atoms with Crippen molar-refractivity contribution in [2.24, 2.45) is 0 Å². The van der Waals surface area contributed by atoms with Gasteiger partial charge in [-0.2, -0.15) is 4.31 Å². The summed E-state index contributed by atoms with van der Waals surface area (Å²) in [6.07, 6.45) is 3.16. The lowest BCUT2D eigenvalue weighted by molar-refractivity contribution is 0.102. The molecule has 33 heavy (non-hydrogen) atoms. The van der Waals surface area contributed by atoms with Gasteiger partial charge < -0.3 is 5.32 Å². The van der Waals surface area contributed by atoms with E-state index >= 15 is 0 Å². The lowest BCUT2D eigenvalue weighted by Crippen LogP contribution is -2.42. The van der Waals surface area contributed by atoms with Gasteiger partial charge in [0.05, 0.1) is 10.6 Å². The third kappa shape index (κ3) is 6.13. The first kappa shape index (κ1) is 25.2. The number of piperidine rings is 1. The molecule has 0 spiro atoms. The summed E-state index contributed by atoms with van der Waals surface area (Å²) in [4.78, 5) is 13.0. The fourth-order valence-electron chi connectivity index (χ4n) is 3.89. The molecular weight excluding hydrogens is 462 g/mol. The fraction of sp³-hybridized carbons (Fsp3) is 0.435. The zero-order valence-corrected chi connectivity index (χ0v) is 20.8. The van der Waals surface area contributed by atoms with Crippen molar-refractivity contribution in [1.82, 2.24) is 4.31 Å². The summed E-state index contributed by atoms with van der Waals surface area (Å²) in [6, 6.07) is 10.8. The minimum absolute atomic E-state index is 0.0280. The number of amides is 1. The topological polar surface area (TPSA) is 113 Å². The highest BCUT2D eigenvalue weighted by atomic mass is 32.2. The molecule has 0 radical (unpaired) electrons. The van der Waals surface area contributed by atoms with Crippen molar-refractivity contribution in [3.05, 3.63) is 53.6 Å². The molecule has 1 aliphatic heterocycles. The van der Waals surface area contributed by atoms with Gasteiger partial charge in [-0.1, -0.05) is 19.4 Å². The predicted molar refractivity (Wildman–Crippen MR) is 130 cm³/mol. The van der Waals surface area contributed by atoms with Gasteiger partial charge in [0.25, 0.3) is 5.91 Å². The fourth-order valence-corrected chi connectivity index (χ4v) is 6.75. The number of hydrogen-bond donors (Lipinski definition) is 2. The van der Waals surface area contributed by atoms with Crippen LogP contribution in [0.1, 0.15) is 55.5 Å². The molecule has 0 aliphatic carbocycles. The van der Waals surface area contributed by atoms with E-state index in [1.807, 2.05) is 6.92 Å². The van der Waals surface area contributed by atoms with Crippen LogP contribution in [-0.2, 0) is 20.0 Å². The Labute approximate surface area is 196 Å². The molecule has 1 heterocycles. The van der Waals surface area contributed by atoms with Crippen molar-refractivity contribution in [2.45, 2.75) is 57.4 Å². The summed E-state index contributed by atoms with van der Waals surface area (Å²) >= 11 is 0. The summed E-state index contributed by atoms with van der Waals surface area (Å²) in [5, 5.41) is 2.76. The molecule has 180 valence electrons. The number of nitrogens with one attached hydrogen (secondary N) is 2. The number of benzene rings is 2. The quantitative estimate of drug-likeness (QED) is 0.578. The molecule has 1 atom stereocenters. The van der Waals surface area contributed by atoms with Crippen LogP contribution in [0.25, 0.3) is 0 Å². The normalized spacial score (nSPS) is 17.5. The van der Waals surface area contributed by atoms with Crippen LogP contribution in [0.4, 0.5) is 11.4 Å². The van der Waals surface area contributed by atoms with Crippen LogP contribution in [0.5, 0.6) is 0 Å². The van der Waals surface area contributed by atoms with Crippen LogP contribution in [0, 0.1) is 6.92 Å². The number of hydrogen-bond acceptors (Lipinski definition) is 5. The molecular formula is C23H31N3O5S2. The zero-order valence-electron chi connectivity index (χ0n) is 19.2. The first-order chi connectivity index (χ1) is 15.5. The van der Waals surface area contributed by atoms with Crippen LogP contribution in [0.2, 0.25) is 0 Å². The van der Waals surface area contributed by atoms with Gasteiger partial charge in [-0.25, -0.2) is 16.8 Å². The minimum Gasteiger partial charge on any atom is -0.322 e. The van der Waals surface area contributed by atoms with Crippen molar-refractivity contribution < 1.29 is 21.6 Å². The molecule has 10 heteroatoms. The Kier molecular flexibility index (Phi) is 7.81. The maximum atomic E-state index is 13.2. The lowest BCUT2D eigenvalue weighted by atomic mass is 10.1. The molecule has 2 N–H and O–H groups in total. The monoisotopic (exact) mass is 493 g/mol. The summed E-state index contributed by atoms with van der Waals surface area (Å²) < 4.78 is 54.2. The first-order valence-corrected chi connectivity index (χ1v) is 14.2. The molecule has 0 bridgehead atoms. The Morgan fingerprint density at radius 2 is 1.70 bits per heavy atom. The zero-order chi connectivity index (χ0) is 24.2. The van der Waals surface area contributed by atoms with Gasteiger partial charge in [0.15, 0.2) is 0 Å². The molecule has 1 amide bonds. The summed E-state index contributed by atoms with van der Waals surface area (Å²) in [6.45, 7) is 5.92. The highest BCUT2D eigenvalue weighted by molar-refractivity contribution is 7.92. The maximum absolute atomic E-state index is 13.2. The van der Waals surface area contributed by atoms with Crippen LogP contribution >= 0.6 is 0 Å². The molecule has 1 saturated heterocycles. The Morgan fingerprint density at radius 3 is 2.33 bits per heavy atom. The van der Waals surface area contributed by atoms with Crippen LogP contribution in [-0.4, -0.2) is 45.4 Å². The Hall–Kier alpha value is -2.43. The lowest BCUT2D eigenvalue weighted by Gasteiger charge is -2.32. The Balaban J connectivity index is 1.78. The second-order valence-corrected chi connectivity index (χ2v) is 12.1. The van der Waals surface area contributed by atoms with E-state index in [4.69, 9.17) is 0 Å². The molecule has 1 unspecified atom stereocenters. The van der Waals surface area contributed by atoms with Crippen molar-refractivity contribution in [1.29, 1.82) is 0 Å². The number of aryl methyl sites for hydroxylation is 1. The third-order valence-electron chi connectivity index (χ3n) is 5.69. The van der Waals surface area contributed by atoms with Crippen LogP contribution in [0.3, 0.4) is 0 Å². The Morgan fingerprint density at radius 1 is 1.03 bits per heavy atom. The van der Waals surface area contributed by atoms with E-state index in [9.17, 15) is 21.6 Å². The number of carbonyl (C=O) groups is 1. The molecule has 0 saturated carbocycles. The average Bonchev–Trinajstić information content (AvgIpc) is 2.75. The van der Waals surface area contributed by atoms with E-state index in [1.54, 1.807) is 50.2 Å². The summed E-state index contributed by atoms with van der Waals surface area (Å²) in [7, 11) is -7.10. The van der Waals surface area contributed by atoms with E-state index < -0.39 is 26.0 Å². The molecule has 0 aromatic heterocycles. The molecule has 2 aromatic carbocycles. The second-order valence-electron chi connectivity index (χ2n) is 8.39. The van der Waals surface area contributed by atoms with Gasteiger partial charge in [0, 0.05) is 29.5 Å². The Bertz CT molecular complexity index is 1210. The largest absolute Gasteiger partial charge is 0.322 e. The van der Waals surface area contributed by atoms with Crippen molar-refractivity contribution >= 4 is 37.3 Å². The molecule has 3 rings (SSSR count). The van der Waals surface area contributed by atoms with Gasteiger partial charge in [0.2, 0.25) is 20.0 Å². The highest BCUT2D eigenvalue weighted by Crippen LogP contribution is 2.27. The van der Waals surface area contributed by atoms with Crippen molar-refractivity contribution in [2.75, 3.05) is 22.3 Å². The third-order valence-corrected chi connectivity index (χ3v) is 9.19. The molecule has 1 aliphatic rings. The average molecular weight is 494 g/mol. The van der Waals surface area contributed by atoms with E-state index in [-0.39, 0.29) is 22.3 Å². The van der Waals surface area contributed by atoms with E-state index in [1.165, 1.54) is 10.4 Å². The van der Waals surface area contributed by atoms with Crippen LogP contribution < -0.4 is 10.0 Å². The number of sulfonamides is 2. The van der Waals surface area contributed by atoms with Crippen LogP contribution in [0.15, 0.2) is 47.4 Å². The minimum atomic E-state index is -3.70. The standard InChI is InChI=1S/C23H31N3O5S2/c1-4-15-32(28,29)25-20-11-9-19(10-12-20)24-23(27)22-16-21(13-8-17(22)2)33(30,31)26-14-6-5-7-18(26)3/h8-13,16,18,25H,4-7,14-15H2,1-3H3,(H,24,27). The molecule has 2 aromatic rings. The molecule has 8 nitrogen and oxygen atoms in total. The van der Waals surface area contributed by atoms with Gasteiger partial charge in [-0.3, -0.25) is 9.52 Å². The SMILES string of the molecule is CCCS(=O)(=O)Nc1ccc(NC(=O)c2cc(S(=O)(=O)N3CCCCC3C)ccc2C)cc1. The van der Waals surface area contributed by atoms with E-state index in [2.05, 4.69) is 10.0 Å². The van der Waals surface area contributed by atoms with Gasteiger partial charge >= 0.3 is 0 Å². The number of carbonyl (C=O) groups excluding carboxylic acids is 1. The maximum Gasteiger partial charge on any atom is 0.255 e. The number of anilines is 2. The predicted octanol–water partition coefficient (Wildman–Crippen LogP) is 3.96.